The van der Waals surface area contributed by atoms with Crippen LogP contribution in [0.5, 0.6) is 11.5 Å². The van der Waals surface area contributed by atoms with Crippen molar-refractivity contribution in [2.45, 2.75) is 46.2 Å². The summed E-state index contributed by atoms with van der Waals surface area (Å²) in [6.07, 6.45) is 0.882. The monoisotopic (exact) mass is 490 g/mol. The lowest BCUT2D eigenvalue weighted by Crippen LogP contribution is -2.48. The highest BCUT2D eigenvalue weighted by molar-refractivity contribution is 14.0. The van der Waals surface area contributed by atoms with Gasteiger partial charge in [0.2, 0.25) is 5.91 Å². The lowest BCUT2D eigenvalue weighted by Gasteiger charge is -2.21. The zero-order valence-electron chi connectivity index (χ0n) is 16.6. The van der Waals surface area contributed by atoms with Gasteiger partial charge in [0, 0.05) is 18.5 Å². The van der Waals surface area contributed by atoms with E-state index in [1.165, 1.54) is 0 Å². The van der Waals surface area contributed by atoms with E-state index in [1.807, 2.05) is 45.9 Å². The first-order valence-electron chi connectivity index (χ1n) is 9.09. The van der Waals surface area contributed by atoms with Gasteiger partial charge in [-0.2, -0.15) is 0 Å². The van der Waals surface area contributed by atoms with Gasteiger partial charge in [0.25, 0.3) is 0 Å². The smallest absolute Gasteiger partial charge is 0.239 e. The second kappa shape index (κ2) is 11.2. The van der Waals surface area contributed by atoms with Crippen molar-refractivity contribution < 1.29 is 14.3 Å². The Balaban J connectivity index is 0.00000364. The van der Waals surface area contributed by atoms with Crippen molar-refractivity contribution in [2.75, 3.05) is 26.3 Å². The number of fused-ring (bicyclic) bond motifs is 1. The molecule has 1 amide bonds. The van der Waals surface area contributed by atoms with Gasteiger partial charge >= 0.3 is 0 Å². The first kappa shape index (κ1) is 23.3. The zero-order valence-corrected chi connectivity index (χ0v) is 18.9. The third-order valence-corrected chi connectivity index (χ3v) is 3.51. The van der Waals surface area contributed by atoms with Gasteiger partial charge in [-0.25, -0.2) is 4.99 Å². The fourth-order valence-electron chi connectivity index (χ4n) is 2.44. The molecule has 2 rings (SSSR count). The Morgan fingerprint density at radius 2 is 1.85 bits per heavy atom. The maximum Gasteiger partial charge on any atom is 0.239 e. The van der Waals surface area contributed by atoms with Crippen LogP contribution in [0, 0.1) is 0 Å². The summed E-state index contributed by atoms with van der Waals surface area (Å²) in [7, 11) is 0. The summed E-state index contributed by atoms with van der Waals surface area (Å²) in [5, 5.41) is 9.12. The Labute approximate surface area is 178 Å². The molecule has 0 radical (unpaired) electrons. The van der Waals surface area contributed by atoms with Crippen molar-refractivity contribution in [1.29, 1.82) is 0 Å². The molecular weight excluding hydrogens is 459 g/mol. The van der Waals surface area contributed by atoms with Crippen LogP contribution in [0.4, 0.5) is 0 Å². The van der Waals surface area contributed by atoms with E-state index in [2.05, 4.69) is 20.9 Å². The van der Waals surface area contributed by atoms with Gasteiger partial charge in [0.15, 0.2) is 17.5 Å². The summed E-state index contributed by atoms with van der Waals surface area (Å²) in [4.78, 5) is 16.5. The highest BCUT2D eigenvalue weighted by Gasteiger charge is 2.14. The van der Waals surface area contributed by atoms with Crippen LogP contribution in [0.3, 0.4) is 0 Å². The Bertz CT molecular complexity index is 644. The van der Waals surface area contributed by atoms with Crippen LogP contribution < -0.4 is 25.4 Å². The van der Waals surface area contributed by atoms with Gasteiger partial charge in [0.1, 0.15) is 0 Å². The Hall–Kier alpha value is -1.71. The minimum absolute atomic E-state index is 0. The van der Waals surface area contributed by atoms with Crippen LogP contribution >= 0.6 is 24.0 Å². The maximum absolute atomic E-state index is 11.9. The van der Waals surface area contributed by atoms with Crippen molar-refractivity contribution in [3.63, 3.8) is 0 Å². The van der Waals surface area contributed by atoms with Gasteiger partial charge < -0.3 is 25.4 Å². The molecule has 0 spiro atoms. The highest BCUT2D eigenvalue weighted by Crippen LogP contribution is 2.30. The van der Waals surface area contributed by atoms with Gasteiger partial charge in [-0.15, -0.1) is 24.0 Å². The molecule has 1 aromatic carbocycles. The van der Waals surface area contributed by atoms with E-state index >= 15 is 0 Å². The summed E-state index contributed by atoms with van der Waals surface area (Å²) < 4.78 is 11.4. The highest BCUT2D eigenvalue weighted by atomic mass is 127. The first-order valence-corrected chi connectivity index (χ1v) is 9.09. The predicted octanol–water partition coefficient (Wildman–Crippen LogP) is 2.44. The van der Waals surface area contributed by atoms with Crippen molar-refractivity contribution >= 4 is 35.8 Å². The molecule has 1 heterocycles. The molecule has 0 unspecified atom stereocenters. The number of benzene rings is 1. The molecule has 1 aliphatic heterocycles. The van der Waals surface area contributed by atoms with E-state index in [0.29, 0.717) is 32.3 Å². The molecule has 27 heavy (non-hydrogen) atoms. The fraction of sp³-hybridized carbons (Fsp3) is 0.579. The molecule has 1 aromatic rings. The minimum Gasteiger partial charge on any atom is -0.490 e. The lowest BCUT2D eigenvalue weighted by atomic mass is 10.1. The van der Waals surface area contributed by atoms with Gasteiger partial charge in [-0.3, -0.25) is 4.79 Å². The van der Waals surface area contributed by atoms with Crippen molar-refractivity contribution in [3.05, 3.63) is 23.8 Å². The van der Waals surface area contributed by atoms with Crippen molar-refractivity contribution in [1.82, 2.24) is 16.0 Å². The molecule has 3 N–H and O–H groups in total. The molecular formula is C19H31IN4O3. The van der Waals surface area contributed by atoms with Gasteiger partial charge in [-0.1, -0.05) is 6.07 Å². The minimum atomic E-state index is -0.252. The number of nitrogens with one attached hydrogen (secondary N) is 3. The number of nitrogens with zero attached hydrogens (tertiary/aromatic N) is 1. The number of amides is 1. The molecule has 0 saturated heterocycles. The number of guanidine groups is 1. The second-order valence-corrected chi connectivity index (χ2v) is 7.18. The Kier molecular flexibility index (Phi) is 9.68. The largest absolute Gasteiger partial charge is 0.490 e. The van der Waals surface area contributed by atoms with Crippen LogP contribution in [0.15, 0.2) is 23.2 Å². The summed E-state index contributed by atoms with van der Waals surface area (Å²) in [5.41, 5.74) is 0.767. The van der Waals surface area contributed by atoms with E-state index < -0.39 is 0 Å². The van der Waals surface area contributed by atoms with E-state index in [4.69, 9.17) is 9.47 Å². The average molecular weight is 490 g/mol. The van der Waals surface area contributed by atoms with Gasteiger partial charge in [-0.05, 0) is 45.4 Å². The quantitative estimate of drug-likeness (QED) is 0.336. The molecule has 0 atom stereocenters. The summed E-state index contributed by atoms with van der Waals surface area (Å²) in [5.74, 6) is 2.07. The SMILES string of the molecule is CCNC(=NCc1ccc2c(c1)OCCCO2)NCC(=O)NC(C)(C)C.I. The van der Waals surface area contributed by atoms with Crippen LogP contribution in [0.1, 0.15) is 39.7 Å². The Morgan fingerprint density at radius 3 is 2.52 bits per heavy atom. The number of carbonyl (C=O) groups excluding carboxylic acids is 1. The number of carbonyl (C=O) groups is 1. The molecule has 8 heteroatoms. The zero-order chi connectivity index (χ0) is 19.0. The van der Waals surface area contributed by atoms with E-state index in [-0.39, 0.29) is 42.0 Å². The number of hydrogen-bond acceptors (Lipinski definition) is 4. The molecule has 0 aromatic heterocycles. The molecule has 0 saturated carbocycles. The predicted molar refractivity (Wildman–Crippen MR) is 118 cm³/mol. The maximum atomic E-state index is 11.9. The normalized spacial score (nSPS) is 13.9. The van der Waals surface area contributed by atoms with Gasteiger partial charge in [0.05, 0.1) is 26.3 Å². The van der Waals surface area contributed by atoms with Crippen LogP contribution in [0.25, 0.3) is 0 Å². The van der Waals surface area contributed by atoms with E-state index in [1.54, 1.807) is 0 Å². The standard InChI is InChI=1S/C19H30N4O3.HI/c1-5-20-18(22-13-17(24)23-19(2,3)4)21-12-14-7-8-15-16(11-14)26-10-6-9-25-15;/h7-8,11H,5-6,9-10,12-13H2,1-4H3,(H,23,24)(H2,20,21,22);1H. The van der Waals surface area contributed by atoms with Crippen LogP contribution in [-0.2, 0) is 11.3 Å². The van der Waals surface area contributed by atoms with E-state index in [9.17, 15) is 4.79 Å². The lowest BCUT2D eigenvalue weighted by molar-refractivity contribution is -0.121. The number of hydrogen-bond donors (Lipinski definition) is 3. The third-order valence-electron chi connectivity index (χ3n) is 3.51. The fourth-order valence-corrected chi connectivity index (χ4v) is 2.44. The number of ether oxygens (including phenoxy) is 2. The topological polar surface area (TPSA) is 84.0 Å². The van der Waals surface area contributed by atoms with E-state index in [0.717, 1.165) is 23.5 Å². The molecule has 0 fully saturated rings. The molecule has 0 aliphatic carbocycles. The second-order valence-electron chi connectivity index (χ2n) is 7.18. The van der Waals surface area contributed by atoms with Crippen LogP contribution in [-0.4, -0.2) is 43.7 Å². The third kappa shape index (κ3) is 8.68. The molecule has 0 bridgehead atoms. The number of halogens is 1. The summed E-state index contributed by atoms with van der Waals surface area (Å²) >= 11 is 0. The first-order chi connectivity index (χ1) is 12.4. The molecule has 7 nitrogen and oxygen atoms in total. The molecule has 1 aliphatic rings. The number of rotatable bonds is 5. The van der Waals surface area contributed by atoms with Crippen molar-refractivity contribution in [3.8, 4) is 11.5 Å². The summed E-state index contributed by atoms with van der Waals surface area (Å²) in [6, 6.07) is 5.86. The average Bonchev–Trinajstić information content (AvgIpc) is 2.80. The van der Waals surface area contributed by atoms with Crippen LogP contribution in [0.2, 0.25) is 0 Å². The summed E-state index contributed by atoms with van der Waals surface area (Å²) in [6.45, 7) is 10.5. The van der Waals surface area contributed by atoms with Crippen molar-refractivity contribution in [2.24, 2.45) is 4.99 Å². The Morgan fingerprint density at radius 1 is 1.15 bits per heavy atom. The number of aliphatic imine (C=N–C) groups is 1. The molecule has 152 valence electrons.